The molecule has 0 aliphatic heterocycles. The molecule has 0 aliphatic rings. The van der Waals surface area contributed by atoms with Crippen molar-refractivity contribution < 1.29 is 64.7 Å². The molecular formula is C16H11N4NaO9S2. The molecule has 1 aromatic heterocycles. The first-order chi connectivity index (χ1) is 14.6. The van der Waals surface area contributed by atoms with Crippen LogP contribution in [-0.2, 0) is 25.5 Å². The van der Waals surface area contributed by atoms with Crippen molar-refractivity contribution >= 4 is 38.6 Å². The van der Waals surface area contributed by atoms with Gasteiger partial charge in [0.25, 0.3) is 6.47 Å². The maximum absolute atomic E-state index is 12.6. The van der Waals surface area contributed by atoms with Crippen LogP contribution in [0.1, 0.15) is 0 Å². The molecule has 13 nitrogen and oxygen atoms in total. The zero-order valence-electron chi connectivity index (χ0n) is 16.1. The van der Waals surface area contributed by atoms with Crippen LogP contribution >= 0.6 is 0 Å². The molecule has 1 heterocycles. The van der Waals surface area contributed by atoms with E-state index in [9.17, 15) is 22.6 Å². The fraction of sp³-hybridized carbons (Fsp3) is 0. The zero-order chi connectivity index (χ0) is 23.0. The molecule has 0 saturated heterocycles. The summed E-state index contributed by atoms with van der Waals surface area (Å²) in [4.78, 5) is 22.8. The predicted molar refractivity (Wildman–Crippen MR) is 101 cm³/mol. The van der Waals surface area contributed by atoms with Gasteiger partial charge in [0.05, 0.1) is 16.3 Å². The van der Waals surface area contributed by atoms with Gasteiger partial charge in [0.1, 0.15) is 10.1 Å². The monoisotopic (exact) mass is 490 g/mol. The van der Waals surface area contributed by atoms with Crippen LogP contribution in [0.25, 0.3) is 5.69 Å². The minimum absolute atomic E-state index is 0. The van der Waals surface area contributed by atoms with E-state index in [4.69, 9.17) is 17.4 Å². The van der Waals surface area contributed by atoms with E-state index >= 15 is 0 Å². The number of nitrogens with zero attached hydrogens (tertiary/aromatic N) is 3. The number of aromatic nitrogens is 2. The number of ether oxygens (including phenoxy) is 1. The Kier molecular flexibility index (Phi) is 10.3. The first kappa shape index (κ1) is 27.1. The van der Waals surface area contributed by atoms with Crippen LogP contribution in [-0.4, -0.2) is 41.8 Å². The van der Waals surface area contributed by atoms with Crippen LogP contribution in [0.15, 0.2) is 74.5 Å². The van der Waals surface area contributed by atoms with Gasteiger partial charge in [0, 0.05) is 0 Å². The maximum Gasteiger partial charge on any atom is 1.00 e. The van der Waals surface area contributed by atoms with Crippen LogP contribution in [0.3, 0.4) is 0 Å². The number of carbonyl (C=O) groups is 1. The predicted octanol–water partition coefficient (Wildman–Crippen LogP) is -1.98. The van der Waals surface area contributed by atoms with Crippen molar-refractivity contribution in [2.24, 2.45) is 10.2 Å². The summed E-state index contributed by atoms with van der Waals surface area (Å²) in [6.07, 6.45) is 0. The Morgan fingerprint density at radius 3 is 2.06 bits per heavy atom. The molecular weight excluding hydrogens is 479 g/mol. The van der Waals surface area contributed by atoms with E-state index in [-0.39, 0.29) is 53.3 Å². The van der Waals surface area contributed by atoms with Crippen molar-refractivity contribution in [2.75, 3.05) is 0 Å². The van der Waals surface area contributed by atoms with Gasteiger partial charge in [-0.25, -0.2) is 13.1 Å². The summed E-state index contributed by atoms with van der Waals surface area (Å²) < 4.78 is 64.0. The van der Waals surface area contributed by atoms with E-state index in [2.05, 4.69) is 15.3 Å². The van der Waals surface area contributed by atoms with Crippen molar-refractivity contribution in [2.45, 2.75) is 4.90 Å². The summed E-state index contributed by atoms with van der Waals surface area (Å²) in [5.41, 5.74) is -0.272. The molecule has 0 unspecified atom stereocenters. The molecule has 0 saturated carbocycles. The third-order valence-corrected chi connectivity index (χ3v) is 4.25. The molecule has 0 amide bonds. The summed E-state index contributed by atoms with van der Waals surface area (Å²) in [6.45, 7) is 0.115. The third-order valence-electron chi connectivity index (χ3n) is 3.41. The first-order valence-corrected chi connectivity index (χ1v) is 10.3. The Hall–Kier alpha value is -2.95. The molecule has 0 aliphatic carbocycles. The standard InChI is InChI=1S/C16H12N4O6S.Na.O3S/c21-10-26-15-14(18-17-11-4-2-1-3-5-11)16(22)20(19-15)12-6-8-13(9-7-12)27(23,24)25;;1-4(2)3/h1-10,19H,(H,23,24,25);;/q;+1;/p-1. The van der Waals surface area contributed by atoms with E-state index in [1.807, 2.05) is 0 Å². The van der Waals surface area contributed by atoms with Crippen LogP contribution in [0.5, 0.6) is 5.88 Å². The SMILES string of the molecule is O=COc1[nH]n(-c2ccc(S(=O)(=O)[O-])cc2)c(=O)c1N=Nc1ccccc1.O=S(=O)=O.[Na+]. The number of azo groups is 1. The molecule has 32 heavy (non-hydrogen) atoms. The number of hydrogen-bond donors (Lipinski definition) is 1. The topological polar surface area (TPSA) is 197 Å². The first-order valence-electron chi connectivity index (χ1n) is 7.88. The number of hydrogen-bond acceptors (Lipinski definition) is 11. The fourth-order valence-corrected chi connectivity index (χ4v) is 2.64. The molecule has 162 valence electrons. The van der Waals surface area contributed by atoms with Gasteiger partial charge >= 0.3 is 45.7 Å². The van der Waals surface area contributed by atoms with E-state index in [0.29, 0.717) is 5.69 Å². The van der Waals surface area contributed by atoms with Gasteiger partial charge in [-0.1, -0.05) is 18.2 Å². The Balaban J connectivity index is 0.000000945. The van der Waals surface area contributed by atoms with Crippen molar-refractivity contribution in [1.82, 2.24) is 9.78 Å². The number of benzene rings is 2. The number of nitrogens with one attached hydrogen (secondary N) is 1. The second-order valence-electron chi connectivity index (χ2n) is 5.33. The normalized spacial score (nSPS) is 10.5. The van der Waals surface area contributed by atoms with Gasteiger partial charge in [-0.05, 0) is 36.4 Å². The van der Waals surface area contributed by atoms with Crippen molar-refractivity contribution in [1.29, 1.82) is 0 Å². The minimum atomic E-state index is -4.61. The Morgan fingerprint density at radius 1 is 1.00 bits per heavy atom. The van der Waals surface area contributed by atoms with E-state index < -0.39 is 31.2 Å². The van der Waals surface area contributed by atoms with E-state index in [1.165, 1.54) is 12.1 Å². The average Bonchev–Trinajstić information content (AvgIpc) is 3.02. The van der Waals surface area contributed by atoms with Crippen LogP contribution < -0.4 is 39.9 Å². The molecule has 0 atom stereocenters. The molecule has 0 fully saturated rings. The Morgan fingerprint density at radius 2 is 1.56 bits per heavy atom. The van der Waals surface area contributed by atoms with Gasteiger partial charge < -0.3 is 9.29 Å². The maximum atomic E-state index is 12.6. The van der Waals surface area contributed by atoms with Crippen LogP contribution in [0.2, 0.25) is 0 Å². The van der Waals surface area contributed by atoms with Crippen LogP contribution in [0, 0.1) is 0 Å². The molecule has 16 heteroatoms. The summed E-state index contributed by atoms with van der Waals surface area (Å²) in [5.74, 6) is -0.241. The van der Waals surface area contributed by atoms with E-state index in [1.54, 1.807) is 30.3 Å². The summed E-state index contributed by atoms with van der Waals surface area (Å²) >= 11 is 0. The van der Waals surface area contributed by atoms with Gasteiger partial charge in [0.15, 0.2) is 0 Å². The zero-order valence-corrected chi connectivity index (χ0v) is 19.7. The molecule has 0 radical (unpaired) electrons. The van der Waals surface area contributed by atoms with Crippen LogP contribution in [0.4, 0.5) is 11.4 Å². The molecule has 0 bridgehead atoms. The van der Waals surface area contributed by atoms with E-state index in [0.717, 1.165) is 16.8 Å². The van der Waals surface area contributed by atoms with Gasteiger partial charge in [-0.3, -0.25) is 14.7 Å². The molecule has 2 aromatic carbocycles. The molecule has 3 aromatic rings. The minimum Gasteiger partial charge on any atom is -0.744 e. The molecule has 0 spiro atoms. The Labute approximate surface area is 203 Å². The summed E-state index contributed by atoms with van der Waals surface area (Å²) in [7, 11) is -7.73. The number of aromatic amines is 1. The summed E-state index contributed by atoms with van der Waals surface area (Å²) in [5, 5.41) is 10.3. The van der Waals surface area contributed by atoms with Gasteiger partial charge in [0.2, 0.25) is 11.6 Å². The largest absolute Gasteiger partial charge is 1.00 e. The van der Waals surface area contributed by atoms with Gasteiger partial charge in [-0.2, -0.15) is 5.11 Å². The quantitative estimate of drug-likeness (QED) is 0.176. The molecule has 3 rings (SSSR count). The summed E-state index contributed by atoms with van der Waals surface area (Å²) in [6, 6.07) is 13.2. The second kappa shape index (κ2) is 12.2. The van der Waals surface area contributed by atoms with Gasteiger partial charge in [-0.15, -0.1) is 17.7 Å². The number of rotatable bonds is 6. The fourth-order valence-electron chi connectivity index (χ4n) is 2.17. The Bertz CT molecular complexity index is 1360. The smallest absolute Gasteiger partial charge is 0.744 e. The number of carbonyl (C=O) groups excluding carboxylic acids is 1. The van der Waals surface area contributed by atoms with Crippen molar-refractivity contribution in [3.63, 3.8) is 0 Å². The number of H-pyrrole nitrogens is 1. The second-order valence-corrected chi connectivity index (χ2v) is 7.12. The molecule has 1 N–H and O–H groups in total. The van der Waals surface area contributed by atoms with Crippen molar-refractivity contribution in [3.05, 3.63) is 65.0 Å². The third kappa shape index (κ3) is 7.63. The average molecular weight is 490 g/mol. The van der Waals surface area contributed by atoms with Crippen molar-refractivity contribution in [3.8, 4) is 11.6 Å².